The van der Waals surface area contributed by atoms with Gasteiger partial charge < -0.3 is 11.5 Å². The number of nitrogens with two attached hydrogens (primary N) is 2. The van der Waals surface area contributed by atoms with Gasteiger partial charge in [-0.25, -0.2) is 0 Å². The predicted molar refractivity (Wildman–Crippen MR) is 61.2 cm³/mol. The van der Waals surface area contributed by atoms with Gasteiger partial charge in [-0.15, -0.1) is 0 Å². The Kier molecular flexibility index (Phi) is 4.54. The van der Waals surface area contributed by atoms with Crippen LogP contribution >= 0.6 is 0 Å². The van der Waals surface area contributed by atoms with Gasteiger partial charge in [0, 0.05) is 32.1 Å². The summed E-state index contributed by atoms with van der Waals surface area (Å²) in [5.41, 5.74) is 10.9. The Morgan fingerprint density at radius 2 is 2.13 bits per heavy atom. The fourth-order valence-corrected chi connectivity index (χ4v) is 2.65. The molecule has 4 heteroatoms. The van der Waals surface area contributed by atoms with Gasteiger partial charge >= 0.3 is 0 Å². The van der Waals surface area contributed by atoms with Crippen LogP contribution in [0.3, 0.4) is 0 Å². The zero-order valence-electron chi connectivity index (χ0n) is 9.78. The topological polar surface area (TPSA) is 72.3 Å². The molecule has 0 aromatic rings. The molecular formula is C11H23N3O. The monoisotopic (exact) mass is 213 g/mol. The van der Waals surface area contributed by atoms with Crippen molar-refractivity contribution in [1.29, 1.82) is 0 Å². The average molecular weight is 213 g/mol. The van der Waals surface area contributed by atoms with Crippen LogP contribution in [0.5, 0.6) is 0 Å². The van der Waals surface area contributed by atoms with Gasteiger partial charge in [0.2, 0.25) is 5.91 Å². The third kappa shape index (κ3) is 3.47. The largest absolute Gasteiger partial charge is 0.370 e. The first-order valence-electron chi connectivity index (χ1n) is 5.77. The van der Waals surface area contributed by atoms with E-state index in [0.29, 0.717) is 30.8 Å². The fraction of sp³-hybridized carbons (Fsp3) is 0.909. The average Bonchev–Trinajstić information content (AvgIpc) is 2.13. The van der Waals surface area contributed by atoms with Crippen LogP contribution in [0.15, 0.2) is 0 Å². The van der Waals surface area contributed by atoms with E-state index in [1.54, 1.807) is 0 Å². The van der Waals surface area contributed by atoms with Crippen LogP contribution < -0.4 is 11.5 Å². The summed E-state index contributed by atoms with van der Waals surface area (Å²) in [7, 11) is 0. The molecule has 4 nitrogen and oxygen atoms in total. The number of primary amides is 1. The third-order valence-electron chi connectivity index (χ3n) is 3.33. The normalized spacial score (nSPS) is 32.9. The van der Waals surface area contributed by atoms with E-state index >= 15 is 0 Å². The first-order chi connectivity index (χ1) is 7.04. The molecule has 3 unspecified atom stereocenters. The Morgan fingerprint density at radius 3 is 2.67 bits per heavy atom. The molecule has 0 spiro atoms. The molecule has 1 heterocycles. The molecule has 1 fully saturated rings. The lowest BCUT2D eigenvalue weighted by atomic mass is 9.85. The number of carbonyl (C=O) groups excluding carboxylic acids is 1. The van der Waals surface area contributed by atoms with Crippen LogP contribution in [-0.2, 0) is 4.79 Å². The van der Waals surface area contributed by atoms with Gasteiger partial charge in [-0.05, 0) is 18.3 Å². The van der Waals surface area contributed by atoms with Crippen LogP contribution in [0, 0.1) is 11.8 Å². The Balaban J connectivity index is 2.53. The number of nitrogens with zero attached hydrogens (tertiary/aromatic N) is 1. The van der Waals surface area contributed by atoms with Gasteiger partial charge in [-0.1, -0.05) is 13.8 Å². The zero-order chi connectivity index (χ0) is 11.4. The fourth-order valence-electron chi connectivity index (χ4n) is 2.65. The number of piperidine rings is 1. The lowest BCUT2D eigenvalue weighted by molar-refractivity contribution is -0.118. The number of carbonyl (C=O) groups is 1. The molecule has 4 N–H and O–H groups in total. The van der Waals surface area contributed by atoms with Crippen molar-refractivity contribution in [3.05, 3.63) is 0 Å². The minimum atomic E-state index is -0.225. The lowest BCUT2D eigenvalue weighted by Gasteiger charge is -2.42. The Bertz CT molecular complexity index is 220. The maximum absolute atomic E-state index is 10.8. The summed E-state index contributed by atoms with van der Waals surface area (Å²) in [6.07, 6.45) is 1.67. The number of hydrogen-bond acceptors (Lipinski definition) is 3. The second-order valence-electron chi connectivity index (χ2n) is 4.83. The SMILES string of the molecule is CC1CC(C)C(CN)N(CCC(N)=O)C1. The predicted octanol–water partition coefficient (Wildman–Crippen LogP) is 0.167. The molecule has 0 saturated carbocycles. The summed E-state index contributed by atoms with van der Waals surface area (Å²) in [5, 5.41) is 0. The minimum absolute atomic E-state index is 0.225. The van der Waals surface area contributed by atoms with Gasteiger partial charge in [0.05, 0.1) is 0 Å². The van der Waals surface area contributed by atoms with E-state index in [1.807, 2.05) is 0 Å². The third-order valence-corrected chi connectivity index (χ3v) is 3.33. The highest BCUT2D eigenvalue weighted by Gasteiger charge is 2.30. The quantitative estimate of drug-likeness (QED) is 0.699. The van der Waals surface area contributed by atoms with Gasteiger partial charge in [0.15, 0.2) is 0 Å². The lowest BCUT2D eigenvalue weighted by Crippen LogP contribution is -2.51. The second-order valence-corrected chi connectivity index (χ2v) is 4.83. The highest BCUT2D eigenvalue weighted by atomic mass is 16.1. The number of rotatable bonds is 4. The molecule has 0 aliphatic carbocycles. The van der Waals surface area contributed by atoms with Gasteiger partial charge in [0.1, 0.15) is 0 Å². The van der Waals surface area contributed by atoms with Crippen molar-refractivity contribution in [2.45, 2.75) is 32.7 Å². The van der Waals surface area contributed by atoms with Crippen LogP contribution in [0.2, 0.25) is 0 Å². The molecule has 0 radical (unpaired) electrons. The summed E-state index contributed by atoms with van der Waals surface area (Å²) >= 11 is 0. The smallest absolute Gasteiger partial charge is 0.218 e. The molecule has 1 amide bonds. The Labute approximate surface area is 92.0 Å². The van der Waals surface area contributed by atoms with Crippen LogP contribution in [0.1, 0.15) is 26.7 Å². The van der Waals surface area contributed by atoms with E-state index in [1.165, 1.54) is 6.42 Å². The first-order valence-corrected chi connectivity index (χ1v) is 5.77. The van der Waals surface area contributed by atoms with E-state index in [0.717, 1.165) is 13.1 Å². The number of likely N-dealkylation sites (tertiary alicyclic amines) is 1. The van der Waals surface area contributed by atoms with Crippen LogP contribution in [0.4, 0.5) is 0 Å². The molecule has 0 aromatic carbocycles. The van der Waals surface area contributed by atoms with E-state index in [2.05, 4.69) is 18.7 Å². The van der Waals surface area contributed by atoms with Crippen molar-refractivity contribution in [1.82, 2.24) is 4.90 Å². The summed E-state index contributed by atoms with van der Waals surface area (Å²) < 4.78 is 0. The zero-order valence-corrected chi connectivity index (χ0v) is 9.78. The van der Waals surface area contributed by atoms with Crippen molar-refractivity contribution in [3.63, 3.8) is 0 Å². The summed E-state index contributed by atoms with van der Waals surface area (Å²) in [4.78, 5) is 13.1. The van der Waals surface area contributed by atoms with Crippen molar-refractivity contribution in [2.75, 3.05) is 19.6 Å². The van der Waals surface area contributed by atoms with Crippen molar-refractivity contribution in [3.8, 4) is 0 Å². The van der Waals surface area contributed by atoms with Gasteiger partial charge in [-0.3, -0.25) is 9.69 Å². The Hall–Kier alpha value is -0.610. The summed E-state index contributed by atoms with van der Waals surface area (Å²) in [6.45, 7) is 6.96. The maximum atomic E-state index is 10.8. The van der Waals surface area contributed by atoms with Gasteiger partial charge in [-0.2, -0.15) is 0 Å². The second kappa shape index (κ2) is 5.47. The van der Waals surface area contributed by atoms with Crippen molar-refractivity contribution >= 4 is 5.91 Å². The molecule has 88 valence electrons. The van der Waals surface area contributed by atoms with Gasteiger partial charge in [0.25, 0.3) is 0 Å². The highest BCUT2D eigenvalue weighted by Crippen LogP contribution is 2.26. The number of hydrogen-bond donors (Lipinski definition) is 2. The van der Waals surface area contributed by atoms with Crippen molar-refractivity contribution < 1.29 is 4.79 Å². The van der Waals surface area contributed by atoms with E-state index in [4.69, 9.17) is 11.5 Å². The first kappa shape index (κ1) is 12.5. The molecule has 1 aliphatic rings. The molecule has 15 heavy (non-hydrogen) atoms. The van der Waals surface area contributed by atoms with E-state index < -0.39 is 0 Å². The van der Waals surface area contributed by atoms with E-state index in [-0.39, 0.29) is 5.91 Å². The molecule has 1 aliphatic heterocycles. The standard InChI is InChI=1S/C11H23N3O/c1-8-5-9(2)10(6-12)14(7-8)4-3-11(13)15/h8-10H,3-7,12H2,1-2H3,(H2,13,15). The van der Waals surface area contributed by atoms with Crippen molar-refractivity contribution in [2.24, 2.45) is 23.3 Å². The molecular weight excluding hydrogens is 190 g/mol. The molecule has 1 saturated heterocycles. The molecule has 0 aromatic heterocycles. The number of amides is 1. The van der Waals surface area contributed by atoms with Crippen LogP contribution in [-0.4, -0.2) is 36.5 Å². The van der Waals surface area contributed by atoms with E-state index in [9.17, 15) is 4.79 Å². The molecule has 1 rings (SSSR count). The van der Waals surface area contributed by atoms with Crippen LogP contribution in [0.25, 0.3) is 0 Å². The molecule has 0 bridgehead atoms. The minimum Gasteiger partial charge on any atom is -0.370 e. The summed E-state index contributed by atoms with van der Waals surface area (Å²) in [5.74, 6) is 1.08. The summed E-state index contributed by atoms with van der Waals surface area (Å²) in [6, 6.07) is 0.417. The highest BCUT2D eigenvalue weighted by molar-refractivity contribution is 5.73. The Morgan fingerprint density at radius 1 is 1.47 bits per heavy atom. The molecule has 3 atom stereocenters. The maximum Gasteiger partial charge on any atom is 0.218 e.